The largest absolute Gasteiger partial charge is 0.378 e. The van der Waals surface area contributed by atoms with Crippen molar-refractivity contribution in [2.24, 2.45) is 5.92 Å². The maximum absolute atomic E-state index is 5.82. The molecule has 14 heavy (non-hydrogen) atoms. The molecular weight excluding hydrogens is 178 g/mol. The molecule has 1 saturated heterocycles. The first kappa shape index (κ1) is 10.4. The van der Waals surface area contributed by atoms with Gasteiger partial charge in [0.25, 0.3) is 0 Å². The highest BCUT2D eigenvalue weighted by Gasteiger charge is 2.26. The molecule has 3 nitrogen and oxygen atoms in total. The number of likely N-dealkylation sites (N-methyl/N-ethyl adjacent to an activating group) is 1. The second kappa shape index (κ2) is 5.10. The third-order valence-corrected chi connectivity index (χ3v) is 2.98. The molecule has 0 aromatic rings. The van der Waals surface area contributed by atoms with Crippen LogP contribution in [-0.2, 0) is 9.47 Å². The van der Waals surface area contributed by atoms with Crippen molar-refractivity contribution in [3.05, 3.63) is 0 Å². The zero-order valence-electron chi connectivity index (χ0n) is 9.00. The van der Waals surface area contributed by atoms with Crippen molar-refractivity contribution in [1.29, 1.82) is 0 Å². The second-order valence-electron chi connectivity index (χ2n) is 4.50. The van der Waals surface area contributed by atoms with E-state index in [1.807, 2.05) is 7.05 Å². The van der Waals surface area contributed by atoms with Crippen LogP contribution in [0.1, 0.15) is 25.7 Å². The molecule has 0 aromatic carbocycles. The van der Waals surface area contributed by atoms with E-state index in [4.69, 9.17) is 9.47 Å². The van der Waals surface area contributed by atoms with Crippen molar-refractivity contribution in [3.63, 3.8) is 0 Å². The van der Waals surface area contributed by atoms with E-state index in [-0.39, 0.29) is 0 Å². The standard InChI is InChI=1S/C11H21NO2/c1-12-6-10-4-5-11(14-10)8-13-7-9-2-3-9/h9-12H,2-8H2,1H3. The van der Waals surface area contributed by atoms with Crippen molar-refractivity contribution < 1.29 is 9.47 Å². The zero-order valence-corrected chi connectivity index (χ0v) is 9.00. The fourth-order valence-electron chi connectivity index (χ4n) is 1.93. The summed E-state index contributed by atoms with van der Waals surface area (Å²) in [6.07, 6.45) is 5.85. The molecule has 1 saturated carbocycles. The fraction of sp³-hybridized carbons (Fsp3) is 1.00. The van der Waals surface area contributed by atoms with Crippen LogP contribution in [0.25, 0.3) is 0 Å². The molecule has 2 fully saturated rings. The summed E-state index contributed by atoms with van der Waals surface area (Å²) in [5.74, 6) is 0.865. The Balaban J connectivity index is 1.53. The van der Waals surface area contributed by atoms with Crippen LogP contribution in [0.3, 0.4) is 0 Å². The van der Waals surface area contributed by atoms with Gasteiger partial charge in [-0.2, -0.15) is 0 Å². The second-order valence-corrected chi connectivity index (χ2v) is 4.50. The van der Waals surface area contributed by atoms with Crippen LogP contribution in [0, 0.1) is 5.92 Å². The Labute approximate surface area is 86.2 Å². The third-order valence-electron chi connectivity index (χ3n) is 2.98. The summed E-state index contributed by atoms with van der Waals surface area (Å²) in [5.41, 5.74) is 0. The highest BCUT2D eigenvalue weighted by atomic mass is 16.5. The van der Waals surface area contributed by atoms with E-state index in [9.17, 15) is 0 Å². The van der Waals surface area contributed by atoms with Gasteiger partial charge >= 0.3 is 0 Å². The van der Waals surface area contributed by atoms with Crippen LogP contribution in [0.15, 0.2) is 0 Å². The van der Waals surface area contributed by atoms with Gasteiger partial charge in [-0.25, -0.2) is 0 Å². The Morgan fingerprint density at radius 3 is 2.64 bits per heavy atom. The van der Waals surface area contributed by atoms with Gasteiger partial charge in [0.15, 0.2) is 0 Å². The van der Waals surface area contributed by atoms with Crippen LogP contribution in [0.5, 0.6) is 0 Å². The summed E-state index contributed by atoms with van der Waals surface area (Å²) in [7, 11) is 1.97. The summed E-state index contributed by atoms with van der Waals surface area (Å²) in [6.45, 7) is 2.73. The van der Waals surface area contributed by atoms with Crippen molar-refractivity contribution in [2.75, 3.05) is 26.8 Å². The van der Waals surface area contributed by atoms with E-state index in [0.717, 1.165) is 32.1 Å². The van der Waals surface area contributed by atoms with Gasteiger partial charge in [-0.05, 0) is 38.6 Å². The van der Waals surface area contributed by atoms with Gasteiger partial charge < -0.3 is 14.8 Å². The van der Waals surface area contributed by atoms with E-state index >= 15 is 0 Å². The van der Waals surface area contributed by atoms with Gasteiger partial charge in [0.05, 0.1) is 18.8 Å². The molecule has 0 aromatic heterocycles. The van der Waals surface area contributed by atoms with Crippen molar-refractivity contribution >= 4 is 0 Å². The maximum atomic E-state index is 5.82. The van der Waals surface area contributed by atoms with Crippen molar-refractivity contribution in [2.45, 2.75) is 37.9 Å². The molecule has 1 heterocycles. The minimum absolute atomic E-state index is 0.354. The predicted molar refractivity (Wildman–Crippen MR) is 55.4 cm³/mol. The van der Waals surface area contributed by atoms with Gasteiger partial charge in [-0.1, -0.05) is 0 Å². The average molecular weight is 199 g/mol. The summed E-state index contributed by atoms with van der Waals surface area (Å²) in [6, 6.07) is 0. The maximum Gasteiger partial charge on any atom is 0.0813 e. The number of hydrogen-bond acceptors (Lipinski definition) is 3. The van der Waals surface area contributed by atoms with Crippen LogP contribution >= 0.6 is 0 Å². The number of nitrogens with one attached hydrogen (secondary N) is 1. The quantitative estimate of drug-likeness (QED) is 0.697. The van der Waals surface area contributed by atoms with Gasteiger partial charge in [-0.15, -0.1) is 0 Å². The summed E-state index contributed by atoms with van der Waals surface area (Å²) in [4.78, 5) is 0. The van der Waals surface area contributed by atoms with Crippen LogP contribution < -0.4 is 5.32 Å². The Morgan fingerprint density at radius 2 is 1.93 bits per heavy atom. The van der Waals surface area contributed by atoms with Crippen molar-refractivity contribution in [1.82, 2.24) is 5.32 Å². The fourth-order valence-corrected chi connectivity index (χ4v) is 1.93. The first-order valence-electron chi connectivity index (χ1n) is 5.76. The number of hydrogen-bond donors (Lipinski definition) is 1. The molecule has 0 amide bonds. The molecular formula is C11H21NO2. The molecule has 2 unspecified atom stereocenters. The molecule has 2 aliphatic rings. The summed E-state index contributed by atoms with van der Waals surface area (Å²) in [5, 5.41) is 3.15. The lowest BCUT2D eigenvalue weighted by atomic mass is 10.2. The monoisotopic (exact) mass is 199 g/mol. The highest BCUT2D eigenvalue weighted by molar-refractivity contribution is 4.76. The minimum Gasteiger partial charge on any atom is -0.378 e. The molecule has 0 bridgehead atoms. The normalized spacial score (nSPS) is 32.4. The molecule has 1 aliphatic heterocycles. The van der Waals surface area contributed by atoms with Gasteiger partial charge in [0.2, 0.25) is 0 Å². The molecule has 0 radical (unpaired) electrons. The molecule has 1 N–H and O–H groups in total. The lowest BCUT2D eigenvalue weighted by Crippen LogP contribution is -2.25. The van der Waals surface area contributed by atoms with E-state index in [2.05, 4.69) is 5.32 Å². The Bertz CT molecular complexity index is 171. The van der Waals surface area contributed by atoms with Crippen LogP contribution in [0.4, 0.5) is 0 Å². The molecule has 82 valence electrons. The lowest BCUT2D eigenvalue weighted by molar-refractivity contribution is -0.0160. The van der Waals surface area contributed by atoms with Gasteiger partial charge in [-0.3, -0.25) is 0 Å². The summed E-state index contributed by atoms with van der Waals surface area (Å²) >= 11 is 0. The third kappa shape index (κ3) is 3.23. The van der Waals surface area contributed by atoms with E-state index in [0.29, 0.717) is 12.2 Å². The van der Waals surface area contributed by atoms with E-state index in [1.165, 1.54) is 19.3 Å². The van der Waals surface area contributed by atoms with Crippen LogP contribution in [-0.4, -0.2) is 39.0 Å². The first-order valence-corrected chi connectivity index (χ1v) is 5.76. The SMILES string of the molecule is CNCC1CCC(COCC2CC2)O1. The predicted octanol–water partition coefficient (Wildman–Crippen LogP) is 1.18. The molecule has 1 aliphatic carbocycles. The van der Waals surface area contributed by atoms with Crippen molar-refractivity contribution in [3.8, 4) is 0 Å². The molecule has 2 rings (SSSR count). The molecule has 0 spiro atoms. The average Bonchev–Trinajstić information content (AvgIpc) is 2.88. The van der Waals surface area contributed by atoms with Gasteiger partial charge in [0, 0.05) is 13.2 Å². The molecule has 3 heteroatoms. The number of ether oxygens (including phenoxy) is 2. The smallest absolute Gasteiger partial charge is 0.0813 e. The lowest BCUT2D eigenvalue weighted by Gasteiger charge is -2.13. The molecule has 2 atom stereocenters. The highest BCUT2D eigenvalue weighted by Crippen LogP contribution is 2.29. The van der Waals surface area contributed by atoms with Crippen LogP contribution in [0.2, 0.25) is 0 Å². The zero-order chi connectivity index (χ0) is 9.80. The van der Waals surface area contributed by atoms with Gasteiger partial charge in [0.1, 0.15) is 0 Å². The minimum atomic E-state index is 0.354. The Morgan fingerprint density at radius 1 is 1.14 bits per heavy atom. The topological polar surface area (TPSA) is 30.5 Å². The Kier molecular flexibility index (Phi) is 3.79. The Hall–Kier alpha value is -0.120. The first-order chi connectivity index (χ1) is 6.88. The summed E-state index contributed by atoms with van der Waals surface area (Å²) < 4.78 is 11.4. The van der Waals surface area contributed by atoms with E-state index < -0.39 is 0 Å². The number of rotatable bonds is 6. The van der Waals surface area contributed by atoms with E-state index in [1.54, 1.807) is 0 Å².